The van der Waals surface area contributed by atoms with Gasteiger partial charge in [0, 0.05) is 41.1 Å². The number of rotatable bonds is 17. The zero-order valence-corrected chi connectivity index (χ0v) is 44.5. The van der Waals surface area contributed by atoms with Crippen molar-refractivity contribution in [2.75, 3.05) is 0 Å². The Labute approximate surface area is 430 Å². The van der Waals surface area contributed by atoms with E-state index in [1.807, 2.05) is 77.0 Å². The molecule has 0 aromatic heterocycles. The Morgan fingerprint density at radius 1 is 0.483 bits per heavy atom. The van der Waals surface area contributed by atoms with E-state index in [0.717, 1.165) is 34.0 Å². The van der Waals surface area contributed by atoms with Crippen molar-refractivity contribution in [3.63, 3.8) is 0 Å². The summed E-state index contributed by atoms with van der Waals surface area (Å²) >= 11 is 10.2. The number of carboxylic acid groups (broad SMARTS) is 8. The van der Waals surface area contributed by atoms with Crippen LogP contribution in [0.15, 0.2) is 24.3 Å². The van der Waals surface area contributed by atoms with Crippen LogP contribution < -0.4 is 10.2 Å². The average molecular weight is 997 g/mol. The van der Waals surface area contributed by atoms with E-state index in [-0.39, 0.29) is 92.4 Å². The summed E-state index contributed by atoms with van der Waals surface area (Å²) in [6, 6.07) is 0. The second-order valence-electron chi connectivity index (χ2n) is 11.7. The Kier molecular flexibility index (Phi) is 71.6. The normalized spacial score (nSPS) is 10.8. The van der Waals surface area contributed by atoms with Crippen LogP contribution in [0.25, 0.3) is 0 Å². The van der Waals surface area contributed by atoms with Crippen molar-refractivity contribution in [1.82, 2.24) is 0 Å². The van der Waals surface area contributed by atoms with E-state index in [2.05, 4.69) is 53.0 Å². The van der Waals surface area contributed by atoms with Crippen molar-refractivity contribution in [3.8, 4) is 0 Å². The van der Waals surface area contributed by atoms with Crippen molar-refractivity contribution < 1.29 is 79.2 Å². The molecule has 6 N–H and O–H groups in total. The summed E-state index contributed by atoms with van der Waals surface area (Å²) in [7, 11) is 3.91. The molecule has 330 valence electrons. The second kappa shape index (κ2) is 53.0. The monoisotopic (exact) mass is 996 g/mol. The first-order chi connectivity index (χ1) is 25.2. The molecule has 0 bridgehead atoms. The number of carbonyl (C=O) groups is 8. The maximum absolute atomic E-state index is 10.5. The van der Waals surface area contributed by atoms with Gasteiger partial charge in [-0.3, -0.25) is 14.4 Å². The van der Waals surface area contributed by atoms with Crippen LogP contribution in [0.1, 0.15) is 95.9 Å². The minimum Gasteiger partial charge on any atom is -0.550 e. The van der Waals surface area contributed by atoms with E-state index in [4.69, 9.17) is 30.6 Å². The molecule has 0 aromatic carbocycles. The van der Waals surface area contributed by atoms with Crippen molar-refractivity contribution in [3.05, 3.63) is 24.3 Å². The van der Waals surface area contributed by atoms with E-state index in [9.17, 15) is 48.6 Å². The number of hydrogen-bond acceptors (Lipinski definition) is 16. The topological polar surface area (TPSA) is 304 Å². The Hall–Kier alpha value is -0.141. The van der Waals surface area contributed by atoms with Crippen molar-refractivity contribution in [1.29, 1.82) is 0 Å². The third-order valence-electron chi connectivity index (χ3n) is 3.31. The van der Waals surface area contributed by atoms with Gasteiger partial charge >= 0.3 is 111 Å². The first kappa shape index (κ1) is 78.4. The van der Waals surface area contributed by atoms with Gasteiger partial charge in [0.1, 0.15) is 10.5 Å². The maximum Gasteiger partial charge on any atom is 2.00 e. The van der Waals surface area contributed by atoms with E-state index < -0.39 is 64.7 Å². The summed E-state index contributed by atoms with van der Waals surface area (Å²) in [4.78, 5) is 79.3. The largest absolute Gasteiger partial charge is 2.00 e. The number of carboxylic acids is 8. The zero-order chi connectivity index (χ0) is 46.3. The number of thioether (sulfide) groups is 2. The Bertz CT molecular complexity index is 1040. The molecule has 0 rings (SSSR count). The first-order valence-electron chi connectivity index (χ1n) is 16.3. The van der Waals surface area contributed by atoms with Gasteiger partial charge in [0.2, 0.25) is 0 Å². The van der Waals surface area contributed by atoms with Crippen LogP contribution in [-0.2, 0) is 38.4 Å². The van der Waals surface area contributed by atoms with Gasteiger partial charge in [0.15, 0.2) is 0 Å². The molecule has 0 amide bonds. The number of hydrogen-bond donors (Lipinski definition) is 8. The second-order valence-corrected chi connectivity index (χ2v) is 20.7. The fourth-order valence-corrected chi connectivity index (χ4v) is 5.65. The van der Waals surface area contributed by atoms with E-state index >= 15 is 0 Å². The summed E-state index contributed by atoms with van der Waals surface area (Å²) < 4.78 is 0. The molecule has 16 nitrogen and oxygen atoms in total. The molecule has 0 saturated heterocycles. The van der Waals surface area contributed by atoms with Gasteiger partial charge in [-0.2, -0.15) is 25.3 Å². The maximum atomic E-state index is 10.5. The van der Waals surface area contributed by atoms with Crippen LogP contribution in [0.4, 0.5) is 0 Å². The molecule has 0 aromatic rings. The van der Waals surface area contributed by atoms with E-state index in [0.29, 0.717) is 34.8 Å². The van der Waals surface area contributed by atoms with Gasteiger partial charge in [-0.15, -0.1) is 23.5 Å². The fourth-order valence-electron chi connectivity index (χ4n) is 1.86. The number of thiol groups is 2. The number of aliphatic carboxylic acids is 8. The van der Waals surface area contributed by atoms with Gasteiger partial charge in [-0.25, -0.2) is 14.4 Å². The summed E-state index contributed by atoms with van der Waals surface area (Å²) in [6.45, 7) is 24.3. The predicted molar refractivity (Wildman–Crippen MR) is 242 cm³/mol. The molecule has 24 heteroatoms. The molecular formula is C34H60Ca2O16S6+2. The predicted octanol–water partition coefficient (Wildman–Crippen LogP) is 3.94. The first-order valence-corrected chi connectivity index (χ1v) is 21.5. The Morgan fingerprint density at radius 3 is 0.862 bits per heavy atom. The summed E-state index contributed by atoms with van der Waals surface area (Å²) in [5, 5.41) is 69.6. The molecule has 0 spiro atoms. The van der Waals surface area contributed by atoms with Crippen LogP contribution in [0.2, 0.25) is 0 Å². The van der Waals surface area contributed by atoms with Crippen molar-refractivity contribution in [2.45, 2.75) is 138 Å². The van der Waals surface area contributed by atoms with Gasteiger partial charge in [-0.05, 0) is 27.1 Å². The van der Waals surface area contributed by atoms with E-state index in [1.165, 1.54) is 0 Å². The third-order valence-corrected chi connectivity index (χ3v) is 9.31. The third kappa shape index (κ3) is 111. The van der Waals surface area contributed by atoms with Crippen LogP contribution in [-0.4, -0.2) is 196 Å². The molecule has 2 unspecified atom stereocenters. The van der Waals surface area contributed by atoms with Gasteiger partial charge in [0.25, 0.3) is 0 Å². The summed E-state index contributed by atoms with van der Waals surface area (Å²) in [5.74, 6) is -9.87. The van der Waals surface area contributed by atoms with Gasteiger partial charge in [-0.1, -0.05) is 105 Å². The Morgan fingerprint density at radius 2 is 0.724 bits per heavy atom. The molecule has 0 saturated carbocycles. The molecule has 0 fully saturated rings. The quantitative estimate of drug-likeness (QED) is 0.0443. The van der Waals surface area contributed by atoms with Crippen LogP contribution in [0.3, 0.4) is 0 Å². The minimum atomic E-state index is -1.51. The SMILES string of the molecule is CC(C)S.CC(C)S.CC(C)SC(CC(=O)O)C(=O)O.CC(C)SC(CC(=O)[O-])C(=O)O.CC(C)SSC(C)C.O=C(O)/C=C\C(=O)O.O=C([O-])/C=C\C(=O)O.[Ca+2].[Ca+2]. The van der Waals surface area contributed by atoms with Crippen LogP contribution in [0, 0.1) is 0 Å². The summed E-state index contributed by atoms with van der Waals surface area (Å²) in [6.07, 6.45) is 1.30. The van der Waals surface area contributed by atoms with Gasteiger partial charge < -0.3 is 50.4 Å². The summed E-state index contributed by atoms with van der Waals surface area (Å²) in [5.41, 5.74) is 0. The smallest absolute Gasteiger partial charge is 0.550 e. The zero-order valence-electron chi connectivity index (χ0n) is 35.0. The molecule has 0 heterocycles. The van der Waals surface area contributed by atoms with E-state index in [1.54, 1.807) is 0 Å². The van der Waals surface area contributed by atoms with Crippen LogP contribution in [0.5, 0.6) is 0 Å². The molecule has 0 aliphatic carbocycles. The van der Waals surface area contributed by atoms with Gasteiger partial charge in [0.05, 0.1) is 12.4 Å². The Balaban J connectivity index is -0.0000000707. The van der Waals surface area contributed by atoms with Crippen LogP contribution >= 0.6 is 70.4 Å². The van der Waals surface area contributed by atoms with Crippen molar-refractivity contribution in [2.24, 2.45) is 0 Å². The number of carbonyl (C=O) groups excluding carboxylic acids is 2. The molecular weight excluding hydrogens is 937 g/mol. The minimum absolute atomic E-state index is 0. The fraction of sp³-hybridized carbons (Fsp3) is 0.647. The molecule has 2 atom stereocenters. The molecule has 0 radical (unpaired) electrons. The molecule has 0 aliphatic heterocycles. The molecule has 58 heavy (non-hydrogen) atoms. The van der Waals surface area contributed by atoms with Crippen molar-refractivity contribution >= 4 is 194 Å². The average Bonchev–Trinajstić information content (AvgIpc) is 2.97. The standard InChI is InChI=1S/2C7H12O4S.C6H14S2.2C4H4O4.2C3H8S.2Ca/c2*1-4(2)12-5(7(10)11)3-6(8)9;1-5(2)7-8-6(3)4;2*5-3(6)1-2-4(7)8;2*1-3(2)4;;/h2*4-5H,3H2,1-2H3,(H,8,9)(H,10,11);5-6H,1-4H3;2*1-2H,(H,5,6)(H,7,8);2*3-4H,1-2H3;;/q;;;;;;;2*+2/p-2/b;;;2*2-1-;;;;. The molecule has 0 aliphatic rings.